The van der Waals surface area contributed by atoms with Gasteiger partial charge in [-0.2, -0.15) is 0 Å². The lowest BCUT2D eigenvalue weighted by Crippen LogP contribution is -2.56. The van der Waals surface area contributed by atoms with E-state index in [1.807, 2.05) is 32.2 Å². The van der Waals surface area contributed by atoms with Crippen LogP contribution in [0.3, 0.4) is 0 Å². The lowest BCUT2D eigenvalue weighted by molar-refractivity contribution is -0.123. The van der Waals surface area contributed by atoms with Gasteiger partial charge in [0, 0.05) is 23.2 Å². The maximum absolute atomic E-state index is 12.7. The van der Waals surface area contributed by atoms with Gasteiger partial charge in [-0.25, -0.2) is 0 Å². The maximum atomic E-state index is 12.7. The first-order chi connectivity index (χ1) is 10.6. The third-order valence-electron chi connectivity index (χ3n) is 4.80. The van der Waals surface area contributed by atoms with Gasteiger partial charge in [0.1, 0.15) is 18.4 Å². The highest BCUT2D eigenvalue weighted by atomic mass is 16.6. The zero-order valence-electron chi connectivity index (χ0n) is 12.5. The van der Waals surface area contributed by atoms with Crippen molar-refractivity contribution in [3.05, 3.63) is 47.8 Å². The van der Waals surface area contributed by atoms with E-state index in [1.54, 1.807) is 12.5 Å². The number of allylic oxidation sites excluding steroid dienone is 2. The van der Waals surface area contributed by atoms with Crippen LogP contribution in [-0.4, -0.2) is 29.0 Å². The number of carbonyl (C=O) groups is 1. The van der Waals surface area contributed by atoms with E-state index in [-0.39, 0.29) is 30.0 Å². The van der Waals surface area contributed by atoms with Gasteiger partial charge >= 0.3 is 0 Å². The number of fused-ring (bicyclic) bond motifs is 1. The molecule has 0 bridgehead atoms. The lowest BCUT2D eigenvalue weighted by Gasteiger charge is -2.36. The van der Waals surface area contributed by atoms with Gasteiger partial charge in [-0.3, -0.25) is 4.79 Å². The Morgan fingerprint density at radius 3 is 2.95 bits per heavy atom. The predicted octanol–water partition coefficient (Wildman–Crippen LogP) is 1.24. The molecule has 3 aliphatic rings. The first-order valence-corrected chi connectivity index (χ1v) is 7.45. The van der Waals surface area contributed by atoms with Gasteiger partial charge in [0.05, 0.1) is 24.5 Å². The molecule has 1 fully saturated rings. The number of nitrogens with zero attached hydrogens (tertiary/aromatic N) is 1. The molecule has 1 aromatic heterocycles. The smallest absolute Gasteiger partial charge is 0.173 e. The number of nitrogens with one attached hydrogen (secondary N) is 1. The Labute approximate surface area is 128 Å². The molecule has 4 heterocycles. The summed E-state index contributed by atoms with van der Waals surface area (Å²) in [7, 11) is 0. The molecule has 3 N–H and O–H groups in total. The summed E-state index contributed by atoms with van der Waals surface area (Å²) in [6, 6.07) is 1.52. The number of nitrogens with two attached hydrogens (primary N) is 1. The minimum atomic E-state index is -0.415. The highest BCUT2D eigenvalue weighted by Crippen LogP contribution is 2.42. The van der Waals surface area contributed by atoms with Crippen LogP contribution in [0, 0.1) is 5.92 Å². The third kappa shape index (κ3) is 1.91. The van der Waals surface area contributed by atoms with Crippen molar-refractivity contribution in [3.63, 3.8) is 0 Å². The molecule has 6 nitrogen and oxygen atoms in total. The second-order valence-corrected chi connectivity index (χ2v) is 6.09. The van der Waals surface area contributed by atoms with Gasteiger partial charge in [0.25, 0.3) is 0 Å². The molecule has 5 unspecified atom stereocenters. The van der Waals surface area contributed by atoms with Gasteiger partial charge in [0.15, 0.2) is 5.78 Å². The molecule has 0 saturated carbocycles. The van der Waals surface area contributed by atoms with Crippen LogP contribution >= 0.6 is 0 Å². The average Bonchev–Trinajstić information content (AvgIpc) is 3.00. The summed E-state index contributed by atoms with van der Waals surface area (Å²) >= 11 is 0. The van der Waals surface area contributed by atoms with E-state index in [1.165, 1.54) is 0 Å². The number of ether oxygens (including phenoxy) is 1. The molecule has 1 aromatic rings. The van der Waals surface area contributed by atoms with E-state index >= 15 is 0 Å². The molecule has 0 aliphatic carbocycles. The third-order valence-corrected chi connectivity index (χ3v) is 4.80. The van der Waals surface area contributed by atoms with Crippen LogP contribution in [0.1, 0.15) is 25.5 Å². The molecule has 116 valence electrons. The van der Waals surface area contributed by atoms with E-state index in [0.29, 0.717) is 0 Å². The van der Waals surface area contributed by atoms with Crippen molar-refractivity contribution in [1.29, 1.82) is 0 Å². The minimum absolute atomic E-state index is 0.0404. The van der Waals surface area contributed by atoms with Gasteiger partial charge in [-0.05, 0) is 19.9 Å². The molecule has 4 rings (SSSR count). The Balaban J connectivity index is 1.50. The normalized spacial score (nSPS) is 36.3. The number of epoxide rings is 1. The van der Waals surface area contributed by atoms with Gasteiger partial charge in [0.2, 0.25) is 0 Å². The topological polar surface area (TPSA) is 84.0 Å². The van der Waals surface area contributed by atoms with E-state index < -0.39 is 6.10 Å². The summed E-state index contributed by atoms with van der Waals surface area (Å²) < 4.78 is 10.6. The Morgan fingerprint density at radius 1 is 1.41 bits per heavy atom. The van der Waals surface area contributed by atoms with Crippen LogP contribution in [-0.2, 0) is 9.53 Å². The summed E-state index contributed by atoms with van der Waals surface area (Å²) in [4.78, 5) is 14.8. The van der Waals surface area contributed by atoms with Crippen molar-refractivity contribution >= 4 is 5.78 Å². The van der Waals surface area contributed by atoms with Crippen molar-refractivity contribution in [2.45, 2.75) is 38.3 Å². The molecule has 0 amide bonds. The van der Waals surface area contributed by atoms with Crippen molar-refractivity contribution in [1.82, 2.24) is 10.2 Å². The molecule has 6 heteroatoms. The Morgan fingerprint density at radius 2 is 2.23 bits per heavy atom. The fraction of sp³-hybridized carbons (Fsp3) is 0.438. The predicted molar refractivity (Wildman–Crippen MR) is 79.1 cm³/mol. The summed E-state index contributed by atoms with van der Waals surface area (Å²) in [5, 5.41) is 3.36. The minimum Gasteiger partial charge on any atom is -0.472 e. The summed E-state index contributed by atoms with van der Waals surface area (Å²) in [6.45, 7) is 4.06. The molecular weight excluding hydrogens is 282 g/mol. The second-order valence-electron chi connectivity index (χ2n) is 6.09. The highest BCUT2D eigenvalue weighted by molar-refractivity contribution is 5.90. The summed E-state index contributed by atoms with van der Waals surface area (Å²) in [5.41, 5.74) is 9.48. The Bertz CT molecular complexity index is 664. The van der Waals surface area contributed by atoms with Crippen molar-refractivity contribution < 1.29 is 13.9 Å². The van der Waals surface area contributed by atoms with Gasteiger partial charge in [-0.1, -0.05) is 6.08 Å². The fourth-order valence-electron chi connectivity index (χ4n) is 3.29. The second kappa shape index (κ2) is 4.72. The molecule has 3 aliphatic heterocycles. The van der Waals surface area contributed by atoms with Crippen LogP contribution in [0.2, 0.25) is 0 Å². The van der Waals surface area contributed by atoms with E-state index in [2.05, 4.69) is 10.2 Å². The van der Waals surface area contributed by atoms with Crippen molar-refractivity contribution in [2.75, 3.05) is 0 Å². The quantitative estimate of drug-likeness (QED) is 0.817. The number of ketones is 1. The van der Waals surface area contributed by atoms with E-state index in [9.17, 15) is 4.79 Å². The first kappa shape index (κ1) is 13.6. The molecule has 5 atom stereocenters. The van der Waals surface area contributed by atoms with Crippen molar-refractivity contribution in [2.24, 2.45) is 11.7 Å². The molecule has 0 radical (unpaired) electrons. The molecule has 22 heavy (non-hydrogen) atoms. The number of rotatable bonds is 3. The maximum Gasteiger partial charge on any atom is 0.173 e. The number of hydrogen-bond acceptors (Lipinski definition) is 6. The number of Topliss-reactive ketones (excluding diaryl/α,β-unsaturated/α-hetero) is 1. The summed E-state index contributed by atoms with van der Waals surface area (Å²) in [5.74, 6) is -0.298. The highest BCUT2D eigenvalue weighted by Gasteiger charge is 2.51. The largest absolute Gasteiger partial charge is 0.472 e. The molecular formula is C16H19N3O3. The SMILES string of the molecule is CC1=C(C)N2C=CC(C(=O)C3OC3c3ccoc3)C(N)C2N1. The Kier molecular flexibility index (Phi) is 2.92. The van der Waals surface area contributed by atoms with Gasteiger partial charge < -0.3 is 25.1 Å². The van der Waals surface area contributed by atoms with Gasteiger partial charge in [-0.15, -0.1) is 0 Å². The zero-order chi connectivity index (χ0) is 15.4. The van der Waals surface area contributed by atoms with Crippen LogP contribution in [0.5, 0.6) is 0 Å². The summed E-state index contributed by atoms with van der Waals surface area (Å²) in [6.07, 6.45) is 6.37. The first-order valence-electron chi connectivity index (χ1n) is 7.45. The number of carbonyl (C=O) groups excluding carboxylic acids is 1. The zero-order valence-corrected chi connectivity index (χ0v) is 12.5. The number of furan rings is 1. The average molecular weight is 301 g/mol. The van der Waals surface area contributed by atoms with Crippen molar-refractivity contribution in [3.8, 4) is 0 Å². The standard InChI is InChI=1S/C16H19N3O3/c1-8-9(2)19-5-3-11(12(17)16(19)18-8)13(20)15-14(22-15)10-4-6-21-7-10/h3-7,11-12,14-16,18H,17H2,1-2H3. The Hall–Kier alpha value is -2.05. The van der Waals surface area contributed by atoms with Crippen LogP contribution < -0.4 is 11.1 Å². The van der Waals surface area contributed by atoms with E-state index in [0.717, 1.165) is 17.0 Å². The number of hydrogen-bond donors (Lipinski definition) is 2. The molecule has 0 spiro atoms. The lowest BCUT2D eigenvalue weighted by atomic mass is 9.88. The molecule has 1 saturated heterocycles. The monoisotopic (exact) mass is 301 g/mol. The van der Waals surface area contributed by atoms with Crippen LogP contribution in [0.25, 0.3) is 0 Å². The van der Waals surface area contributed by atoms with Crippen LogP contribution in [0.4, 0.5) is 0 Å². The van der Waals surface area contributed by atoms with E-state index in [4.69, 9.17) is 14.9 Å². The fourth-order valence-corrected chi connectivity index (χ4v) is 3.29. The van der Waals surface area contributed by atoms with Crippen LogP contribution in [0.15, 0.2) is 46.7 Å². The molecule has 0 aromatic carbocycles.